The minimum absolute atomic E-state index is 0.0220. The Kier molecular flexibility index (Phi) is 9.28. The molecule has 0 unspecified atom stereocenters. The zero-order chi connectivity index (χ0) is 15.5. The Hall–Kier alpha value is -1.69. The van der Waals surface area contributed by atoms with Crippen molar-refractivity contribution in [3.63, 3.8) is 0 Å². The summed E-state index contributed by atoms with van der Waals surface area (Å²) in [5, 5.41) is 18.2. The third kappa shape index (κ3) is 7.04. The van der Waals surface area contributed by atoms with E-state index in [-0.39, 0.29) is 42.8 Å². The molecule has 0 rings (SSSR count). The average Bonchev–Trinajstić information content (AvgIpc) is 2.38. The Bertz CT molecular complexity index is 383. The van der Waals surface area contributed by atoms with E-state index >= 15 is 0 Å². The van der Waals surface area contributed by atoms with Gasteiger partial charge in [-0.2, -0.15) is 0 Å². The number of ether oxygens (including phenoxy) is 1. The van der Waals surface area contributed by atoms with Gasteiger partial charge in [0.05, 0.1) is 17.8 Å². The first-order valence-corrected chi connectivity index (χ1v) is 6.72. The van der Waals surface area contributed by atoms with Crippen LogP contribution in [0, 0.1) is 0 Å². The van der Waals surface area contributed by atoms with Crippen molar-refractivity contribution in [1.82, 2.24) is 0 Å². The number of carbonyl (C=O) groups is 3. The minimum atomic E-state index is -1.36. The van der Waals surface area contributed by atoms with Crippen molar-refractivity contribution < 1.29 is 29.3 Å². The highest BCUT2D eigenvalue weighted by molar-refractivity contribution is 6.02. The second kappa shape index (κ2) is 10.1. The molecule has 0 aliphatic rings. The van der Waals surface area contributed by atoms with E-state index in [9.17, 15) is 14.4 Å². The van der Waals surface area contributed by atoms with Crippen molar-refractivity contribution in [2.75, 3.05) is 13.2 Å². The molecule has 0 radical (unpaired) electrons. The van der Waals surface area contributed by atoms with E-state index in [4.69, 9.17) is 14.9 Å². The van der Waals surface area contributed by atoms with E-state index in [1.54, 1.807) is 6.92 Å². The largest absolute Gasteiger partial charge is 0.478 e. The maximum absolute atomic E-state index is 11.7. The predicted octanol–water partition coefficient (Wildman–Crippen LogP) is 2.03. The number of ketones is 1. The molecule has 0 heterocycles. The van der Waals surface area contributed by atoms with Crippen LogP contribution in [0.3, 0.4) is 0 Å². The molecule has 0 saturated carbocycles. The molecule has 0 aliphatic heterocycles. The number of carbonyl (C=O) groups excluding carboxylic acids is 1. The van der Waals surface area contributed by atoms with Gasteiger partial charge in [-0.15, -0.1) is 0 Å². The highest BCUT2D eigenvalue weighted by Crippen LogP contribution is 2.16. The summed E-state index contributed by atoms with van der Waals surface area (Å²) in [6, 6.07) is 0. The van der Waals surface area contributed by atoms with Crippen LogP contribution in [0.25, 0.3) is 0 Å². The summed E-state index contributed by atoms with van der Waals surface area (Å²) in [6.45, 7) is 4.23. The summed E-state index contributed by atoms with van der Waals surface area (Å²) in [6.07, 6.45) is 1.40. The average molecular weight is 286 g/mol. The summed E-state index contributed by atoms with van der Waals surface area (Å²) in [5.74, 6) is -2.92. The van der Waals surface area contributed by atoms with Gasteiger partial charge < -0.3 is 14.9 Å². The van der Waals surface area contributed by atoms with Crippen molar-refractivity contribution >= 4 is 17.7 Å². The number of hydrogen-bond donors (Lipinski definition) is 2. The number of unbranched alkanes of at least 4 members (excludes halogenated alkanes) is 1. The standard InChI is InChI=1S/C14H22O6/c1-3-5-6-10(15)9-12(14(18)19)11(13(16)17)7-8-20-4-2/h3-9H2,1-2H3,(H,16,17)(H,18,19). The fraction of sp³-hybridized carbons (Fsp3) is 0.643. The maximum atomic E-state index is 11.7. The number of Topliss-reactive ketones (excluding diaryl/α,β-unsaturated/α-hetero) is 1. The SMILES string of the molecule is CCCCC(=O)CC(C(=O)O)=C(CCOCC)C(=O)O. The summed E-state index contributed by atoms with van der Waals surface area (Å²) in [5.41, 5.74) is -0.589. The molecular weight excluding hydrogens is 264 g/mol. The van der Waals surface area contributed by atoms with Crippen LogP contribution in [-0.2, 0) is 19.1 Å². The van der Waals surface area contributed by atoms with Gasteiger partial charge in [0.25, 0.3) is 0 Å². The summed E-state index contributed by atoms with van der Waals surface area (Å²) < 4.78 is 5.04. The Labute approximate surface area is 118 Å². The van der Waals surface area contributed by atoms with E-state index in [1.165, 1.54) is 0 Å². The molecule has 0 bridgehead atoms. The van der Waals surface area contributed by atoms with E-state index in [0.29, 0.717) is 13.0 Å². The summed E-state index contributed by atoms with van der Waals surface area (Å²) >= 11 is 0. The third-order valence-corrected chi connectivity index (χ3v) is 2.76. The smallest absolute Gasteiger partial charge is 0.332 e. The van der Waals surface area contributed by atoms with Crippen LogP contribution >= 0.6 is 0 Å². The van der Waals surface area contributed by atoms with Gasteiger partial charge in [-0.25, -0.2) is 9.59 Å². The number of rotatable bonds is 11. The fourth-order valence-corrected chi connectivity index (χ4v) is 1.68. The molecule has 0 aromatic heterocycles. The van der Waals surface area contributed by atoms with E-state index in [1.807, 2.05) is 6.92 Å². The van der Waals surface area contributed by atoms with Crippen LogP contribution in [0.4, 0.5) is 0 Å². The summed E-state index contributed by atoms with van der Waals surface area (Å²) in [7, 11) is 0. The Morgan fingerprint density at radius 1 is 0.950 bits per heavy atom. The molecule has 20 heavy (non-hydrogen) atoms. The van der Waals surface area contributed by atoms with Gasteiger partial charge >= 0.3 is 11.9 Å². The lowest BCUT2D eigenvalue weighted by Gasteiger charge is -2.09. The molecule has 0 aliphatic carbocycles. The van der Waals surface area contributed by atoms with E-state index in [2.05, 4.69) is 0 Å². The topological polar surface area (TPSA) is 101 Å². The van der Waals surface area contributed by atoms with E-state index < -0.39 is 11.9 Å². The Morgan fingerprint density at radius 3 is 2.00 bits per heavy atom. The van der Waals surface area contributed by atoms with Crippen molar-refractivity contribution in [2.45, 2.75) is 46.0 Å². The van der Waals surface area contributed by atoms with Crippen LogP contribution in [0.15, 0.2) is 11.1 Å². The van der Waals surface area contributed by atoms with Gasteiger partial charge in [0.1, 0.15) is 5.78 Å². The van der Waals surface area contributed by atoms with Gasteiger partial charge in [0, 0.05) is 25.9 Å². The molecule has 0 atom stereocenters. The molecule has 2 N–H and O–H groups in total. The number of carboxylic acids is 2. The zero-order valence-corrected chi connectivity index (χ0v) is 12.0. The highest BCUT2D eigenvalue weighted by atomic mass is 16.5. The molecule has 6 nitrogen and oxygen atoms in total. The van der Waals surface area contributed by atoms with Gasteiger partial charge in [0.2, 0.25) is 0 Å². The monoisotopic (exact) mass is 286 g/mol. The normalized spacial score (nSPS) is 11.9. The molecule has 0 saturated heterocycles. The maximum Gasteiger partial charge on any atom is 0.332 e. The quantitative estimate of drug-likeness (QED) is 0.445. The Morgan fingerprint density at radius 2 is 1.55 bits per heavy atom. The molecule has 0 fully saturated rings. The lowest BCUT2D eigenvalue weighted by Crippen LogP contribution is -2.16. The molecule has 114 valence electrons. The lowest BCUT2D eigenvalue weighted by atomic mass is 9.98. The number of carboxylic acid groups (broad SMARTS) is 2. The van der Waals surface area contributed by atoms with Crippen molar-refractivity contribution in [3.8, 4) is 0 Å². The Balaban J connectivity index is 5.02. The van der Waals surface area contributed by atoms with Crippen molar-refractivity contribution in [2.24, 2.45) is 0 Å². The van der Waals surface area contributed by atoms with Crippen LogP contribution < -0.4 is 0 Å². The molecule has 0 amide bonds. The second-order valence-corrected chi connectivity index (χ2v) is 4.33. The molecule has 6 heteroatoms. The second-order valence-electron chi connectivity index (χ2n) is 4.33. The number of aliphatic carboxylic acids is 2. The van der Waals surface area contributed by atoms with Gasteiger partial charge in [-0.05, 0) is 13.3 Å². The van der Waals surface area contributed by atoms with Gasteiger partial charge in [-0.1, -0.05) is 13.3 Å². The van der Waals surface area contributed by atoms with Crippen molar-refractivity contribution in [3.05, 3.63) is 11.1 Å². The van der Waals surface area contributed by atoms with E-state index in [0.717, 1.165) is 6.42 Å². The molecule has 0 spiro atoms. The first-order valence-electron chi connectivity index (χ1n) is 6.72. The molecular formula is C14H22O6. The summed E-state index contributed by atoms with van der Waals surface area (Å²) in [4.78, 5) is 34.0. The van der Waals surface area contributed by atoms with Gasteiger partial charge in [-0.3, -0.25) is 4.79 Å². The predicted molar refractivity (Wildman–Crippen MR) is 72.6 cm³/mol. The van der Waals surface area contributed by atoms with Crippen LogP contribution in [0.2, 0.25) is 0 Å². The van der Waals surface area contributed by atoms with Gasteiger partial charge in [0.15, 0.2) is 0 Å². The van der Waals surface area contributed by atoms with Crippen LogP contribution in [0.5, 0.6) is 0 Å². The van der Waals surface area contributed by atoms with Crippen LogP contribution in [-0.4, -0.2) is 41.1 Å². The first-order chi connectivity index (χ1) is 9.43. The lowest BCUT2D eigenvalue weighted by molar-refractivity contribution is -0.136. The fourth-order valence-electron chi connectivity index (χ4n) is 1.68. The highest BCUT2D eigenvalue weighted by Gasteiger charge is 2.22. The zero-order valence-electron chi connectivity index (χ0n) is 12.0. The van der Waals surface area contributed by atoms with Crippen LogP contribution in [0.1, 0.15) is 46.0 Å². The molecule has 0 aromatic rings. The first kappa shape index (κ1) is 18.3. The minimum Gasteiger partial charge on any atom is -0.478 e. The third-order valence-electron chi connectivity index (χ3n) is 2.76. The molecule has 0 aromatic carbocycles. The number of hydrogen-bond acceptors (Lipinski definition) is 4. The van der Waals surface area contributed by atoms with Crippen molar-refractivity contribution in [1.29, 1.82) is 0 Å².